The molecule has 2 rings (SSSR count). The van der Waals surface area contributed by atoms with Crippen LogP contribution in [0.4, 0.5) is 4.39 Å². The molecule has 1 aromatic heterocycles. The molecule has 0 aliphatic rings. The summed E-state index contributed by atoms with van der Waals surface area (Å²) in [6.45, 7) is 0.314. The van der Waals surface area contributed by atoms with Gasteiger partial charge in [-0.3, -0.25) is 4.98 Å². The minimum absolute atomic E-state index is 0.314. The summed E-state index contributed by atoms with van der Waals surface area (Å²) in [6.07, 6.45) is 2.75. The van der Waals surface area contributed by atoms with Crippen molar-refractivity contribution in [3.05, 3.63) is 60.2 Å². The third-order valence-electron chi connectivity index (χ3n) is 1.85. The summed E-state index contributed by atoms with van der Waals surface area (Å²) in [5.41, 5.74) is 0.711. The van der Waals surface area contributed by atoms with Crippen LogP contribution in [0.1, 0.15) is 5.56 Å². The number of benzene rings is 1. The number of halogens is 1. The predicted octanol–water partition coefficient (Wildman–Crippen LogP) is 2.60. The van der Waals surface area contributed by atoms with Crippen LogP contribution in [0.25, 0.3) is 0 Å². The van der Waals surface area contributed by atoms with Gasteiger partial charge in [-0.15, -0.1) is 0 Å². The van der Waals surface area contributed by atoms with Crippen molar-refractivity contribution in [3.8, 4) is 5.75 Å². The van der Waals surface area contributed by atoms with Crippen molar-refractivity contribution in [2.24, 2.45) is 0 Å². The molecule has 0 spiro atoms. The Morgan fingerprint density at radius 1 is 1.27 bits per heavy atom. The Kier molecular flexibility index (Phi) is 2.93. The zero-order chi connectivity index (χ0) is 10.5. The molecule has 0 bridgehead atoms. The maximum absolute atomic E-state index is 12.8. The van der Waals surface area contributed by atoms with Gasteiger partial charge in [-0.2, -0.15) is 0 Å². The lowest BCUT2D eigenvalue weighted by molar-refractivity contribution is 0.305. The van der Waals surface area contributed by atoms with Gasteiger partial charge < -0.3 is 4.74 Å². The normalized spacial score (nSPS) is 9.93. The van der Waals surface area contributed by atoms with Crippen molar-refractivity contribution >= 4 is 0 Å². The molecule has 1 aromatic carbocycles. The van der Waals surface area contributed by atoms with Crippen molar-refractivity contribution in [1.82, 2.24) is 4.98 Å². The fourth-order valence-electron chi connectivity index (χ4n) is 1.17. The van der Waals surface area contributed by atoms with Gasteiger partial charge in [0.15, 0.2) is 0 Å². The van der Waals surface area contributed by atoms with Crippen LogP contribution in [0.5, 0.6) is 5.75 Å². The maximum atomic E-state index is 12.8. The van der Waals surface area contributed by atoms with Crippen molar-refractivity contribution < 1.29 is 9.13 Å². The first kappa shape index (κ1) is 9.65. The van der Waals surface area contributed by atoms with E-state index in [2.05, 4.69) is 11.1 Å². The van der Waals surface area contributed by atoms with E-state index in [0.717, 1.165) is 5.75 Å². The summed E-state index contributed by atoms with van der Waals surface area (Å²) < 4.78 is 18.2. The van der Waals surface area contributed by atoms with E-state index in [1.165, 1.54) is 12.3 Å². The predicted molar refractivity (Wildman–Crippen MR) is 53.8 cm³/mol. The molecule has 15 heavy (non-hydrogen) atoms. The minimum Gasteiger partial charge on any atom is -0.489 e. The van der Waals surface area contributed by atoms with Crippen LogP contribution in [0.2, 0.25) is 0 Å². The molecule has 1 heterocycles. The number of nitrogens with zero attached hydrogens (tertiary/aromatic N) is 1. The van der Waals surface area contributed by atoms with E-state index in [1.54, 1.807) is 30.5 Å². The summed E-state index contributed by atoms with van der Waals surface area (Å²) >= 11 is 0. The van der Waals surface area contributed by atoms with E-state index >= 15 is 0 Å². The van der Waals surface area contributed by atoms with Crippen LogP contribution in [-0.4, -0.2) is 4.98 Å². The Labute approximate surface area is 87.4 Å². The van der Waals surface area contributed by atoms with Crippen LogP contribution in [0, 0.1) is 11.9 Å². The zero-order valence-electron chi connectivity index (χ0n) is 7.98. The van der Waals surface area contributed by atoms with Crippen LogP contribution in [-0.2, 0) is 6.61 Å². The number of hydrogen-bond acceptors (Lipinski definition) is 2. The van der Waals surface area contributed by atoms with E-state index in [-0.39, 0.29) is 5.82 Å². The fraction of sp³-hybridized carbons (Fsp3) is 0.0833. The number of rotatable bonds is 3. The molecule has 0 unspecified atom stereocenters. The average Bonchev–Trinajstić information content (AvgIpc) is 2.28. The van der Waals surface area contributed by atoms with Gasteiger partial charge in [0.05, 0.1) is 6.20 Å². The molecule has 75 valence electrons. The Morgan fingerprint density at radius 2 is 2.07 bits per heavy atom. The zero-order valence-corrected chi connectivity index (χ0v) is 7.98. The highest BCUT2D eigenvalue weighted by Gasteiger charge is 1.97. The van der Waals surface area contributed by atoms with Crippen LogP contribution in [0.3, 0.4) is 0 Å². The topological polar surface area (TPSA) is 22.1 Å². The van der Waals surface area contributed by atoms with Crippen LogP contribution < -0.4 is 4.74 Å². The van der Waals surface area contributed by atoms with Gasteiger partial charge in [-0.1, -0.05) is 12.1 Å². The first-order valence-corrected chi connectivity index (χ1v) is 4.53. The van der Waals surface area contributed by atoms with E-state index in [1.807, 2.05) is 0 Å². The summed E-state index contributed by atoms with van der Waals surface area (Å²) in [6, 6.07) is 11.4. The first-order valence-electron chi connectivity index (χ1n) is 4.53. The van der Waals surface area contributed by atoms with E-state index in [0.29, 0.717) is 12.2 Å². The van der Waals surface area contributed by atoms with Crippen molar-refractivity contribution in [2.45, 2.75) is 6.61 Å². The van der Waals surface area contributed by atoms with Gasteiger partial charge in [0, 0.05) is 11.8 Å². The molecule has 1 radical (unpaired) electrons. The Balaban J connectivity index is 1.99. The molecule has 0 aliphatic heterocycles. The third-order valence-corrected chi connectivity index (χ3v) is 1.85. The van der Waals surface area contributed by atoms with Gasteiger partial charge in [-0.25, -0.2) is 4.39 Å². The molecule has 0 N–H and O–H groups in total. The van der Waals surface area contributed by atoms with Crippen LogP contribution >= 0.6 is 0 Å². The summed E-state index contributed by atoms with van der Waals surface area (Å²) in [4.78, 5) is 3.74. The standard InChI is InChI=1S/C12H9FNO/c13-11-6-10(7-14-8-11)9-15-12-4-2-1-3-5-12/h2-8H,9H2. The lowest BCUT2D eigenvalue weighted by Gasteiger charge is -2.05. The maximum Gasteiger partial charge on any atom is 0.141 e. The molecule has 0 aliphatic carbocycles. The number of hydrogen-bond donors (Lipinski definition) is 0. The average molecular weight is 202 g/mol. The second-order valence-electron chi connectivity index (χ2n) is 3.04. The molecular formula is C12H9FNO. The molecule has 0 fully saturated rings. The monoisotopic (exact) mass is 202 g/mol. The molecular weight excluding hydrogens is 193 g/mol. The lowest BCUT2D eigenvalue weighted by Crippen LogP contribution is -1.96. The van der Waals surface area contributed by atoms with Gasteiger partial charge in [-0.05, 0) is 24.3 Å². The summed E-state index contributed by atoms with van der Waals surface area (Å²) in [5, 5.41) is 0. The van der Waals surface area contributed by atoms with Gasteiger partial charge in [0.25, 0.3) is 0 Å². The Hall–Kier alpha value is -1.90. The van der Waals surface area contributed by atoms with Gasteiger partial charge >= 0.3 is 0 Å². The third kappa shape index (κ3) is 2.77. The smallest absolute Gasteiger partial charge is 0.141 e. The largest absolute Gasteiger partial charge is 0.489 e. The molecule has 0 saturated heterocycles. The number of ether oxygens (including phenoxy) is 1. The molecule has 0 amide bonds. The minimum atomic E-state index is -0.350. The lowest BCUT2D eigenvalue weighted by atomic mass is 10.3. The number of pyridine rings is 1. The second kappa shape index (κ2) is 4.55. The van der Waals surface area contributed by atoms with Gasteiger partial charge in [0.2, 0.25) is 0 Å². The SMILES string of the molecule is Fc1cncc(COc2cc[c]cc2)c1. The molecule has 2 nitrogen and oxygen atoms in total. The van der Waals surface area contributed by atoms with Crippen molar-refractivity contribution in [3.63, 3.8) is 0 Å². The fourth-order valence-corrected chi connectivity index (χ4v) is 1.17. The molecule has 3 heteroatoms. The van der Waals surface area contributed by atoms with Crippen LogP contribution in [0.15, 0.2) is 42.7 Å². The highest BCUT2D eigenvalue weighted by molar-refractivity contribution is 5.21. The molecule has 0 saturated carbocycles. The quantitative estimate of drug-likeness (QED) is 0.763. The summed E-state index contributed by atoms with van der Waals surface area (Å²) in [7, 11) is 0. The highest BCUT2D eigenvalue weighted by Crippen LogP contribution is 2.11. The molecule has 2 aromatic rings. The Bertz CT molecular complexity index is 431. The highest BCUT2D eigenvalue weighted by atomic mass is 19.1. The van der Waals surface area contributed by atoms with Gasteiger partial charge in [0.1, 0.15) is 18.2 Å². The van der Waals surface area contributed by atoms with E-state index in [4.69, 9.17) is 4.74 Å². The summed E-state index contributed by atoms with van der Waals surface area (Å²) in [5.74, 6) is 0.385. The first-order chi connectivity index (χ1) is 7.34. The van der Waals surface area contributed by atoms with E-state index in [9.17, 15) is 4.39 Å². The van der Waals surface area contributed by atoms with Crippen molar-refractivity contribution in [2.75, 3.05) is 0 Å². The second-order valence-corrected chi connectivity index (χ2v) is 3.04. The van der Waals surface area contributed by atoms with Crippen molar-refractivity contribution in [1.29, 1.82) is 0 Å². The van der Waals surface area contributed by atoms with E-state index < -0.39 is 0 Å². The molecule has 0 atom stereocenters. The number of aromatic nitrogens is 1. The Morgan fingerprint density at radius 3 is 2.80 bits per heavy atom.